The Morgan fingerprint density at radius 2 is 2.07 bits per heavy atom. The van der Waals surface area contributed by atoms with Gasteiger partial charge in [0, 0.05) is 26.1 Å². The number of nitrogens with one attached hydrogen (secondary N) is 3. The molecule has 5 heteroatoms. The smallest absolute Gasteiger partial charge is 0.237 e. The maximum absolute atomic E-state index is 11.5. The lowest BCUT2D eigenvalue weighted by Crippen LogP contribution is -2.43. The van der Waals surface area contributed by atoms with Crippen molar-refractivity contribution in [3.63, 3.8) is 0 Å². The molecule has 15 heavy (non-hydrogen) atoms. The van der Waals surface area contributed by atoms with Crippen LogP contribution in [-0.4, -0.2) is 37.5 Å². The van der Waals surface area contributed by atoms with Gasteiger partial charge in [0.05, 0.1) is 6.04 Å². The van der Waals surface area contributed by atoms with Gasteiger partial charge in [-0.05, 0) is 19.8 Å². The normalized spacial score (nSPS) is 16.9. The van der Waals surface area contributed by atoms with E-state index in [1.807, 2.05) is 6.92 Å². The molecule has 0 aromatic rings. The summed E-state index contributed by atoms with van der Waals surface area (Å²) in [7, 11) is 1.60. The molecule has 0 aromatic carbocycles. The molecule has 0 spiro atoms. The van der Waals surface area contributed by atoms with Crippen LogP contribution in [0.25, 0.3) is 0 Å². The Morgan fingerprint density at radius 3 is 2.60 bits per heavy atom. The fourth-order valence-corrected chi connectivity index (χ4v) is 1.17. The van der Waals surface area contributed by atoms with Gasteiger partial charge in [0.2, 0.25) is 11.8 Å². The molecule has 86 valence electrons. The maximum atomic E-state index is 11.5. The summed E-state index contributed by atoms with van der Waals surface area (Å²) in [6, 6.07) is 0.163. The number of rotatable bonds is 6. The highest BCUT2D eigenvalue weighted by molar-refractivity contribution is 5.82. The summed E-state index contributed by atoms with van der Waals surface area (Å²) in [5.41, 5.74) is 0. The van der Waals surface area contributed by atoms with Crippen LogP contribution >= 0.6 is 0 Å². The Hall–Kier alpha value is -1.10. The molecule has 1 aliphatic carbocycles. The van der Waals surface area contributed by atoms with Gasteiger partial charge in [-0.3, -0.25) is 9.59 Å². The van der Waals surface area contributed by atoms with Crippen LogP contribution in [0.3, 0.4) is 0 Å². The van der Waals surface area contributed by atoms with Crippen molar-refractivity contribution < 1.29 is 9.59 Å². The molecule has 1 saturated carbocycles. The summed E-state index contributed by atoms with van der Waals surface area (Å²) < 4.78 is 0. The van der Waals surface area contributed by atoms with E-state index in [0.717, 1.165) is 12.8 Å². The van der Waals surface area contributed by atoms with Crippen molar-refractivity contribution >= 4 is 11.8 Å². The van der Waals surface area contributed by atoms with Gasteiger partial charge < -0.3 is 16.0 Å². The number of amides is 2. The van der Waals surface area contributed by atoms with E-state index in [9.17, 15) is 9.59 Å². The van der Waals surface area contributed by atoms with Gasteiger partial charge in [0.15, 0.2) is 0 Å². The van der Waals surface area contributed by atoms with Crippen LogP contribution in [-0.2, 0) is 9.59 Å². The lowest BCUT2D eigenvalue weighted by molar-refractivity contribution is -0.124. The van der Waals surface area contributed by atoms with E-state index in [1.54, 1.807) is 7.05 Å². The van der Waals surface area contributed by atoms with Gasteiger partial charge >= 0.3 is 0 Å². The van der Waals surface area contributed by atoms with E-state index in [0.29, 0.717) is 19.0 Å². The number of carbonyl (C=O) groups is 2. The fraction of sp³-hybridized carbons (Fsp3) is 0.800. The first-order chi connectivity index (χ1) is 7.13. The van der Waals surface area contributed by atoms with Gasteiger partial charge in [-0.25, -0.2) is 0 Å². The van der Waals surface area contributed by atoms with Crippen LogP contribution in [0.1, 0.15) is 26.2 Å². The van der Waals surface area contributed by atoms with Crippen LogP contribution in [0.5, 0.6) is 0 Å². The molecule has 0 saturated heterocycles. The molecule has 0 bridgehead atoms. The SMILES string of the molecule is CNC(=O)CCNC(C)C(=O)NC1CC1. The van der Waals surface area contributed by atoms with E-state index in [2.05, 4.69) is 16.0 Å². The number of carbonyl (C=O) groups excluding carboxylic acids is 2. The average Bonchev–Trinajstić information content (AvgIpc) is 3.01. The second-order valence-corrected chi connectivity index (χ2v) is 3.88. The molecule has 0 aromatic heterocycles. The summed E-state index contributed by atoms with van der Waals surface area (Å²) in [6.07, 6.45) is 2.59. The zero-order valence-corrected chi connectivity index (χ0v) is 9.30. The van der Waals surface area contributed by atoms with Crippen LogP contribution in [0.4, 0.5) is 0 Å². The van der Waals surface area contributed by atoms with Crippen LogP contribution < -0.4 is 16.0 Å². The van der Waals surface area contributed by atoms with Crippen LogP contribution in [0.15, 0.2) is 0 Å². The van der Waals surface area contributed by atoms with Gasteiger partial charge in [0.1, 0.15) is 0 Å². The Kier molecular flexibility index (Phi) is 4.55. The van der Waals surface area contributed by atoms with Crippen molar-refractivity contribution in [1.82, 2.24) is 16.0 Å². The monoisotopic (exact) mass is 213 g/mol. The standard InChI is InChI=1S/C10H19N3O2/c1-7(10(15)13-8-3-4-8)12-6-5-9(14)11-2/h7-8,12H,3-6H2,1-2H3,(H,11,14)(H,13,15). The fourth-order valence-electron chi connectivity index (χ4n) is 1.17. The molecular formula is C10H19N3O2. The van der Waals surface area contributed by atoms with Gasteiger partial charge in [0.25, 0.3) is 0 Å². The molecule has 1 unspecified atom stereocenters. The van der Waals surface area contributed by atoms with Crippen molar-refractivity contribution in [3.05, 3.63) is 0 Å². The molecule has 0 radical (unpaired) electrons. The highest BCUT2D eigenvalue weighted by Crippen LogP contribution is 2.18. The third-order valence-corrected chi connectivity index (χ3v) is 2.40. The Balaban J connectivity index is 2.08. The van der Waals surface area contributed by atoms with E-state index >= 15 is 0 Å². The molecule has 3 N–H and O–H groups in total. The van der Waals surface area contributed by atoms with Crippen LogP contribution in [0, 0.1) is 0 Å². The van der Waals surface area contributed by atoms with E-state index < -0.39 is 0 Å². The topological polar surface area (TPSA) is 70.2 Å². The Morgan fingerprint density at radius 1 is 1.40 bits per heavy atom. The Labute approximate surface area is 90.0 Å². The molecule has 1 rings (SSSR count). The van der Waals surface area contributed by atoms with E-state index in [4.69, 9.17) is 0 Å². The lowest BCUT2D eigenvalue weighted by Gasteiger charge is -2.13. The third-order valence-electron chi connectivity index (χ3n) is 2.40. The molecule has 5 nitrogen and oxygen atoms in total. The minimum atomic E-state index is -0.227. The first-order valence-electron chi connectivity index (χ1n) is 5.38. The average molecular weight is 213 g/mol. The maximum Gasteiger partial charge on any atom is 0.237 e. The molecular weight excluding hydrogens is 194 g/mol. The summed E-state index contributed by atoms with van der Waals surface area (Å²) in [5.74, 6) is 0.00621. The minimum absolute atomic E-state index is 0.0164. The largest absolute Gasteiger partial charge is 0.359 e. The quantitative estimate of drug-likeness (QED) is 0.550. The van der Waals surface area contributed by atoms with Crippen molar-refractivity contribution in [3.8, 4) is 0 Å². The predicted molar refractivity (Wildman–Crippen MR) is 57.3 cm³/mol. The first-order valence-corrected chi connectivity index (χ1v) is 5.38. The molecule has 0 heterocycles. The van der Waals surface area contributed by atoms with Gasteiger partial charge in [-0.2, -0.15) is 0 Å². The summed E-state index contributed by atoms with van der Waals surface area (Å²) >= 11 is 0. The van der Waals surface area contributed by atoms with Crippen LogP contribution in [0.2, 0.25) is 0 Å². The van der Waals surface area contributed by atoms with Crippen molar-refractivity contribution in [2.75, 3.05) is 13.6 Å². The third kappa shape index (κ3) is 4.78. The first kappa shape index (κ1) is 12.0. The summed E-state index contributed by atoms with van der Waals surface area (Å²) in [4.78, 5) is 22.4. The molecule has 2 amide bonds. The van der Waals surface area contributed by atoms with E-state index in [-0.39, 0.29) is 17.9 Å². The van der Waals surface area contributed by atoms with Crippen molar-refractivity contribution in [2.24, 2.45) is 0 Å². The van der Waals surface area contributed by atoms with Gasteiger partial charge in [-0.1, -0.05) is 0 Å². The Bertz CT molecular complexity index is 239. The lowest BCUT2D eigenvalue weighted by atomic mass is 10.3. The highest BCUT2D eigenvalue weighted by atomic mass is 16.2. The molecule has 0 aliphatic heterocycles. The zero-order valence-electron chi connectivity index (χ0n) is 9.30. The molecule has 1 aliphatic rings. The molecule has 1 atom stereocenters. The number of hydrogen-bond acceptors (Lipinski definition) is 3. The van der Waals surface area contributed by atoms with Crippen molar-refractivity contribution in [1.29, 1.82) is 0 Å². The second kappa shape index (κ2) is 5.70. The predicted octanol–water partition coefficient (Wildman–Crippen LogP) is -0.621. The summed E-state index contributed by atoms with van der Waals surface area (Å²) in [6.45, 7) is 2.33. The highest BCUT2D eigenvalue weighted by Gasteiger charge is 2.25. The molecule has 1 fully saturated rings. The zero-order chi connectivity index (χ0) is 11.3. The van der Waals surface area contributed by atoms with Gasteiger partial charge in [-0.15, -0.1) is 0 Å². The second-order valence-electron chi connectivity index (χ2n) is 3.88. The van der Waals surface area contributed by atoms with Crippen molar-refractivity contribution in [2.45, 2.75) is 38.3 Å². The minimum Gasteiger partial charge on any atom is -0.359 e. The van der Waals surface area contributed by atoms with E-state index in [1.165, 1.54) is 0 Å². The summed E-state index contributed by atoms with van der Waals surface area (Å²) in [5, 5.41) is 8.44. The number of hydrogen-bond donors (Lipinski definition) is 3.